The first-order chi connectivity index (χ1) is 10.5. The van der Waals surface area contributed by atoms with Crippen LogP contribution < -0.4 is 15.4 Å². The molecule has 6 heteroatoms. The van der Waals surface area contributed by atoms with Crippen molar-refractivity contribution in [3.05, 3.63) is 29.8 Å². The molecule has 0 fully saturated rings. The molecular formula is C16H26N2O4. The van der Waals surface area contributed by atoms with E-state index in [1.54, 1.807) is 6.92 Å². The van der Waals surface area contributed by atoms with Gasteiger partial charge in [-0.05, 0) is 30.5 Å². The van der Waals surface area contributed by atoms with E-state index < -0.39 is 6.23 Å². The number of hydrogen-bond acceptors (Lipinski definition) is 4. The predicted octanol–water partition coefficient (Wildman–Crippen LogP) is 1.84. The largest absolute Gasteiger partial charge is 0.471 e. The van der Waals surface area contributed by atoms with Crippen molar-refractivity contribution in [2.45, 2.75) is 32.9 Å². The third kappa shape index (κ3) is 7.28. The normalized spacial score (nSPS) is 12.0. The summed E-state index contributed by atoms with van der Waals surface area (Å²) in [5, 5.41) is 13.9. The Kier molecular flexibility index (Phi) is 8.32. The first-order valence-electron chi connectivity index (χ1n) is 7.52. The minimum atomic E-state index is -0.441. The van der Waals surface area contributed by atoms with Crippen molar-refractivity contribution in [1.29, 1.82) is 0 Å². The third-order valence-corrected chi connectivity index (χ3v) is 2.96. The second kappa shape index (κ2) is 10.0. The van der Waals surface area contributed by atoms with Crippen molar-refractivity contribution in [3.8, 4) is 5.75 Å². The number of carbonyl (C=O) groups is 1. The van der Waals surface area contributed by atoms with Crippen molar-refractivity contribution in [3.63, 3.8) is 0 Å². The Morgan fingerprint density at radius 2 is 1.86 bits per heavy atom. The van der Waals surface area contributed by atoms with Gasteiger partial charge in [0.1, 0.15) is 5.75 Å². The molecule has 124 valence electrons. The highest BCUT2D eigenvalue weighted by molar-refractivity contribution is 5.73. The first-order valence-corrected chi connectivity index (χ1v) is 7.52. The monoisotopic (exact) mass is 310 g/mol. The average molecular weight is 310 g/mol. The number of carbonyl (C=O) groups excluding carboxylic acids is 1. The van der Waals surface area contributed by atoms with Gasteiger partial charge in [-0.3, -0.25) is 0 Å². The molecule has 2 amide bonds. The number of amides is 2. The minimum absolute atomic E-state index is 0.0212. The number of aliphatic hydroxyl groups is 1. The van der Waals surface area contributed by atoms with Gasteiger partial charge in [-0.15, -0.1) is 0 Å². The Morgan fingerprint density at radius 1 is 1.18 bits per heavy atom. The first kappa shape index (κ1) is 18.3. The SMILES string of the molecule is CC(NC(=O)NCCOCCO)Oc1ccc(C(C)C)cc1. The topological polar surface area (TPSA) is 79.8 Å². The van der Waals surface area contributed by atoms with Crippen molar-refractivity contribution in [2.24, 2.45) is 0 Å². The summed E-state index contributed by atoms with van der Waals surface area (Å²) in [6, 6.07) is 7.51. The van der Waals surface area contributed by atoms with Crippen LogP contribution in [-0.4, -0.2) is 43.7 Å². The zero-order chi connectivity index (χ0) is 16.4. The maximum Gasteiger partial charge on any atom is 0.317 e. The van der Waals surface area contributed by atoms with E-state index in [0.717, 1.165) is 0 Å². The Bertz CT molecular complexity index is 434. The fourth-order valence-electron chi connectivity index (χ4n) is 1.80. The van der Waals surface area contributed by atoms with Gasteiger partial charge in [-0.25, -0.2) is 4.79 Å². The molecule has 1 unspecified atom stereocenters. The lowest BCUT2D eigenvalue weighted by Crippen LogP contribution is -2.44. The van der Waals surface area contributed by atoms with Gasteiger partial charge in [-0.1, -0.05) is 26.0 Å². The second-order valence-electron chi connectivity index (χ2n) is 5.22. The molecule has 0 saturated heterocycles. The summed E-state index contributed by atoms with van der Waals surface area (Å²) in [6.07, 6.45) is -0.441. The highest BCUT2D eigenvalue weighted by Crippen LogP contribution is 2.19. The molecule has 0 saturated carbocycles. The van der Waals surface area contributed by atoms with Gasteiger partial charge in [0.2, 0.25) is 0 Å². The number of ether oxygens (including phenoxy) is 2. The van der Waals surface area contributed by atoms with Crippen LogP contribution in [0, 0.1) is 0 Å². The Morgan fingerprint density at radius 3 is 2.45 bits per heavy atom. The smallest absolute Gasteiger partial charge is 0.317 e. The molecule has 1 rings (SSSR count). The van der Waals surface area contributed by atoms with Gasteiger partial charge in [0.25, 0.3) is 0 Å². The van der Waals surface area contributed by atoms with E-state index in [4.69, 9.17) is 14.6 Å². The fourth-order valence-corrected chi connectivity index (χ4v) is 1.80. The fraction of sp³-hybridized carbons (Fsp3) is 0.562. The summed E-state index contributed by atoms with van der Waals surface area (Å²) in [6.45, 7) is 7.02. The molecule has 0 radical (unpaired) electrons. The van der Waals surface area contributed by atoms with E-state index in [1.807, 2.05) is 24.3 Å². The van der Waals surface area contributed by atoms with Crippen molar-refractivity contribution >= 4 is 6.03 Å². The van der Waals surface area contributed by atoms with Crippen LogP contribution in [0.4, 0.5) is 4.79 Å². The highest BCUT2D eigenvalue weighted by atomic mass is 16.5. The molecule has 1 atom stereocenters. The number of aliphatic hydroxyl groups excluding tert-OH is 1. The molecule has 1 aromatic carbocycles. The van der Waals surface area contributed by atoms with E-state index >= 15 is 0 Å². The molecule has 1 aromatic rings. The van der Waals surface area contributed by atoms with Crippen molar-refractivity contribution < 1.29 is 19.4 Å². The van der Waals surface area contributed by atoms with Gasteiger partial charge in [-0.2, -0.15) is 0 Å². The molecule has 0 aliphatic rings. The molecular weight excluding hydrogens is 284 g/mol. The quantitative estimate of drug-likeness (QED) is 0.480. The molecule has 3 N–H and O–H groups in total. The van der Waals surface area contributed by atoms with Crippen LogP contribution in [0.15, 0.2) is 24.3 Å². The number of urea groups is 1. The summed E-state index contributed by atoms with van der Waals surface area (Å²) < 4.78 is 10.7. The second-order valence-corrected chi connectivity index (χ2v) is 5.22. The summed E-state index contributed by atoms with van der Waals surface area (Å²) in [7, 11) is 0. The Balaban J connectivity index is 2.27. The molecule has 0 heterocycles. The molecule has 6 nitrogen and oxygen atoms in total. The molecule has 22 heavy (non-hydrogen) atoms. The molecule has 0 spiro atoms. The summed E-state index contributed by atoms with van der Waals surface area (Å²) in [5.41, 5.74) is 1.24. The highest BCUT2D eigenvalue weighted by Gasteiger charge is 2.08. The minimum Gasteiger partial charge on any atom is -0.471 e. The van der Waals surface area contributed by atoms with Crippen LogP contribution in [0.2, 0.25) is 0 Å². The predicted molar refractivity (Wildman–Crippen MR) is 85.1 cm³/mol. The zero-order valence-corrected chi connectivity index (χ0v) is 13.5. The maximum absolute atomic E-state index is 11.6. The molecule has 0 aromatic heterocycles. The number of hydrogen-bond donors (Lipinski definition) is 3. The lowest BCUT2D eigenvalue weighted by molar-refractivity contribution is 0.0942. The third-order valence-electron chi connectivity index (χ3n) is 2.96. The van der Waals surface area contributed by atoms with Gasteiger partial charge in [0.05, 0.1) is 19.8 Å². The van der Waals surface area contributed by atoms with Crippen LogP contribution >= 0.6 is 0 Å². The lowest BCUT2D eigenvalue weighted by Gasteiger charge is -2.17. The Hall–Kier alpha value is -1.79. The zero-order valence-electron chi connectivity index (χ0n) is 13.5. The van der Waals surface area contributed by atoms with Crippen molar-refractivity contribution in [1.82, 2.24) is 10.6 Å². The van der Waals surface area contributed by atoms with Crippen molar-refractivity contribution in [2.75, 3.05) is 26.4 Å². The van der Waals surface area contributed by atoms with Crippen LogP contribution in [0.1, 0.15) is 32.3 Å². The van der Waals surface area contributed by atoms with Crippen LogP contribution in [0.3, 0.4) is 0 Å². The van der Waals surface area contributed by atoms with E-state index in [-0.39, 0.29) is 19.2 Å². The number of benzene rings is 1. The van der Waals surface area contributed by atoms with Crippen LogP contribution in [-0.2, 0) is 4.74 Å². The van der Waals surface area contributed by atoms with Crippen LogP contribution in [0.5, 0.6) is 5.75 Å². The number of rotatable bonds is 9. The molecule has 0 aliphatic carbocycles. The van der Waals surface area contributed by atoms with Gasteiger partial charge in [0, 0.05) is 6.54 Å². The van der Waals surface area contributed by atoms with E-state index in [0.29, 0.717) is 24.8 Å². The Labute approximate surface area is 131 Å². The lowest BCUT2D eigenvalue weighted by atomic mass is 10.0. The van der Waals surface area contributed by atoms with Gasteiger partial charge >= 0.3 is 6.03 Å². The molecule has 0 bridgehead atoms. The summed E-state index contributed by atoms with van der Waals surface area (Å²) >= 11 is 0. The van der Waals surface area contributed by atoms with Crippen LogP contribution in [0.25, 0.3) is 0 Å². The standard InChI is InChI=1S/C16H26N2O4/c1-12(2)14-4-6-15(7-5-14)22-13(3)18-16(20)17-8-10-21-11-9-19/h4-7,12-13,19H,8-11H2,1-3H3,(H2,17,18,20). The summed E-state index contributed by atoms with van der Waals surface area (Å²) in [5.74, 6) is 1.19. The van der Waals surface area contributed by atoms with Gasteiger partial charge in [0.15, 0.2) is 6.23 Å². The van der Waals surface area contributed by atoms with E-state index in [2.05, 4.69) is 24.5 Å². The van der Waals surface area contributed by atoms with E-state index in [9.17, 15) is 4.79 Å². The maximum atomic E-state index is 11.6. The number of nitrogens with one attached hydrogen (secondary N) is 2. The van der Waals surface area contributed by atoms with E-state index in [1.165, 1.54) is 5.56 Å². The molecule has 0 aliphatic heterocycles. The average Bonchev–Trinajstić information content (AvgIpc) is 2.47. The summed E-state index contributed by atoms with van der Waals surface area (Å²) in [4.78, 5) is 11.6. The van der Waals surface area contributed by atoms with Gasteiger partial charge < -0.3 is 25.2 Å².